The first-order valence-electron chi connectivity index (χ1n) is 7.67. The molecule has 2 aliphatic heterocycles. The molecule has 1 fully saturated rings. The molecule has 3 rings (SSSR count). The molecule has 0 bridgehead atoms. The second kappa shape index (κ2) is 6.12. The van der Waals surface area contributed by atoms with E-state index in [0.717, 1.165) is 51.6 Å². The third-order valence-corrected chi connectivity index (χ3v) is 4.42. The van der Waals surface area contributed by atoms with E-state index in [4.69, 9.17) is 4.74 Å². The molecule has 2 aliphatic rings. The normalized spacial score (nSPS) is 24.4. The molecule has 0 radical (unpaired) electrons. The first-order chi connectivity index (χ1) is 9.79. The molecular weight excluding hydrogens is 250 g/mol. The van der Waals surface area contributed by atoms with Gasteiger partial charge in [0.15, 0.2) is 0 Å². The van der Waals surface area contributed by atoms with Gasteiger partial charge in [-0.1, -0.05) is 12.1 Å². The van der Waals surface area contributed by atoms with Crippen molar-refractivity contribution >= 4 is 0 Å². The van der Waals surface area contributed by atoms with Crippen LogP contribution in [0.5, 0.6) is 5.75 Å². The summed E-state index contributed by atoms with van der Waals surface area (Å²) < 4.78 is 5.88. The highest BCUT2D eigenvalue weighted by atomic mass is 16.5. The fourth-order valence-electron chi connectivity index (χ4n) is 3.29. The van der Waals surface area contributed by atoms with Crippen molar-refractivity contribution in [2.75, 3.05) is 46.4 Å². The second-order valence-electron chi connectivity index (χ2n) is 5.75. The van der Waals surface area contributed by atoms with Crippen LogP contribution in [0.4, 0.5) is 0 Å². The summed E-state index contributed by atoms with van der Waals surface area (Å²) in [6, 6.07) is 6.91. The summed E-state index contributed by atoms with van der Waals surface area (Å²) >= 11 is 0. The Hall–Kier alpha value is -1.10. The highest BCUT2D eigenvalue weighted by Crippen LogP contribution is 2.35. The summed E-state index contributed by atoms with van der Waals surface area (Å²) in [6.45, 7) is 9.38. The molecular formula is C16H25N3O. The number of nitrogens with zero attached hydrogens (tertiary/aromatic N) is 2. The molecule has 1 atom stereocenters. The molecule has 1 aromatic carbocycles. The van der Waals surface area contributed by atoms with Crippen LogP contribution in [-0.4, -0.2) is 56.2 Å². The number of hydrogen-bond acceptors (Lipinski definition) is 4. The van der Waals surface area contributed by atoms with Gasteiger partial charge in [0.25, 0.3) is 0 Å². The summed E-state index contributed by atoms with van der Waals surface area (Å²) in [6.07, 6.45) is 0. The quantitative estimate of drug-likeness (QED) is 0.904. The molecule has 0 amide bonds. The molecule has 0 unspecified atom stereocenters. The standard InChI is InChI=1S/C16H25N3O/c1-3-20-15-6-4-5-13-11-17-12-14(16(13)15)19-9-7-18(2)8-10-19/h4-6,14,17H,3,7-12H2,1-2H3/t14-/m0/s1. The summed E-state index contributed by atoms with van der Waals surface area (Å²) in [5, 5.41) is 3.56. The minimum Gasteiger partial charge on any atom is -0.494 e. The number of rotatable bonds is 3. The van der Waals surface area contributed by atoms with E-state index in [2.05, 4.69) is 47.3 Å². The van der Waals surface area contributed by atoms with E-state index < -0.39 is 0 Å². The lowest BCUT2D eigenvalue weighted by molar-refractivity contribution is 0.104. The van der Waals surface area contributed by atoms with E-state index in [1.807, 2.05) is 0 Å². The highest BCUT2D eigenvalue weighted by molar-refractivity contribution is 5.44. The van der Waals surface area contributed by atoms with Gasteiger partial charge in [-0.15, -0.1) is 0 Å². The van der Waals surface area contributed by atoms with Gasteiger partial charge in [0.2, 0.25) is 0 Å². The first kappa shape index (κ1) is 13.9. The Balaban J connectivity index is 1.88. The van der Waals surface area contributed by atoms with Crippen LogP contribution in [0, 0.1) is 0 Å². The molecule has 2 heterocycles. The maximum absolute atomic E-state index is 5.88. The van der Waals surface area contributed by atoms with Gasteiger partial charge in [0.1, 0.15) is 5.75 Å². The van der Waals surface area contributed by atoms with Gasteiger partial charge in [-0.2, -0.15) is 0 Å². The van der Waals surface area contributed by atoms with Crippen molar-refractivity contribution in [2.24, 2.45) is 0 Å². The van der Waals surface area contributed by atoms with Crippen LogP contribution in [0.15, 0.2) is 18.2 Å². The number of piperazine rings is 1. The Kier molecular flexibility index (Phi) is 4.24. The van der Waals surface area contributed by atoms with Gasteiger partial charge in [0.05, 0.1) is 12.6 Å². The second-order valence-corrected chi connectivity index (χ2v) is 5.75. The van der Waals surface area contributed by atoms with Crippen molar-refractivity contribution in [2.45, 2.75) is 19.5 Å². The molecule has 4 heteroatoms. The predicted molar refractivity (Wildman–Crippen MR) is 81.1 cm³/mol. The van der Waals surface area contributed by atoms with Gasteiger partial charge in [-0.3, -0.25) is 4.90 Å². The topological polar surface area (TPSA) is 27.7 Å². The smallest absolute Gasteiger partial charge is 0.124 e. The number of hydrogen-bond donors (Lipinski definition) is 1. The molecule has 0 saturated carbocycles. The molecule has 4 nitrogen and oxygen atoms in total. The van der Waals surface area contributed by atoms with Gasteiger partial charge in [-0.25, -0.2) is 0 Å². The lowest BCUT2D eigenvalue weighted by Gasteiger charge is -2.41. The molecule has 20 heavy (non-hydrogen) atoms. The summed E-state index contributed by atoms with van der Waals surface area (Å²) in [7, 11) is 2.20. The van der Waals surface area contributed by atoms with E-state index in [0.29, 0.717) is 6.04 Å². The molecule has 110 valence electrons. The molecule has 0 spiro atoms. The average molecular weight is 275 g/mol. The van der Waals surface area contributed by atoms with Crippen LogP contribution in [-0.2, 0) is 6.54 Å². The minimum atomic E-state index is 0.454. The fourth-order valence-corrected chi connectivity index (χ4v) is 3.29. The lowest BCUT2D eigenvalue weighted by atomic mass is 9.94. The zero-order valence-electron chi connectivity index (χ0n) is 12.6. The molecule has 0 aromatic heterocycles. The molecule has 1 saturated heterocycles. The van der Waals surface area contributed by atoms with Crippen molar-refractivity contribution in [1.29, 1.82) is 0 Å². The fraction of sp³-hybridized carbons (Fsp3) is 0.625. The monoisotopic (exact) mass is 275 g/mol. The van der Waals surface area contributed by atoms with Crippen LogP contribution in [0.3, 0.4) is 0 Å². The molecule has 0 aliphatic carbocycles. The number of fused-ring (bicyclic) bond motifs is 1. The predicted octanol–water partition coefficient (Wildman–Crippen LogP) is 1.48. The van der Waals surface area contributed by atoms with Gasteiger partial charge in [0, 0.05) is 44.8 Å². The van der Waals surface area contributed by atoms with Crippen molar-refractivity contribution in [3.63, 3.8) is 0 Å². The summed E-state index contributed by atoms with van der Waals surface area (Å²) in [5.74, 6) is 1.08. The third kappa shape index (κ3) is 2.68. The van der Waals surface area contributed by atoms with Crippen molar-refractivity contribution in [3.05, 3.63) is 29.3 Å². The summed E-state index contributed by atoms with van der Waals surface area (Å²) in [5.41, 5.74) is 2.81. The van der Waals surface area contributed by atoms with Crippen LogP contribution in [0.1, 0.15) is 24.1 Å². The van der Waals surface area contributed by atoms with Crippen molar-refractivity contribution in [3.8, 4) is 5.75 Å². The van der Waals surface area contributed by atoms with E-state index in [1.165, 1.54) is 11.1 Å². The average Bonchev–Trinajstić information content (AvgIpc) is 2.48. The maximum atomic E-state index is 5.88. The Labute approximate surface area is 121 Å². The van der Waals surface area contributed by atoms with E-state index in [1.54, 1.807) is 0 Å². The van der Waals surface area contributed by atoms with Crippen LogP contribution < -0.4 is 10.1 Å². The minimum absolute atomic E-state index is 0.454. The Morgan fingerprint density at radius 1 is 1.25 bits per heavy atom. The van der Waals surface area contributed by atoms with E-state index >= 15 is 0 Å². The number of ether oxygens (including phenoxy) is 1. The SMILES string of the molecule is CCOc1cccc2c1[C@@H](N1CCN(C)CC1)CNC2. The van der Waals surface area contributed by atoms with Crippen molar-refractivity contribution in [1.82, 2.24) is 15.1 Å². The zero-order valence-corrected chi connectivity index (χ0v) is 12.6. The number of likely N-dealkylation sites (N-methyl/N-ethyl adjacent to an activating group) is 1. The van der Waals surface area contributed by atoms with Crippen molar-refractivity contribution < 1.29 is 4.74 Å². The van der Waals surface area contributed by atoms with Crippen LogP contribution in [0.25, 0.3) is 0 Å². The summed E-state index contributed by atoms with van der Waals surface area (Å²) in [4.78, 5) is 5.01. The van der Waals surface area contributed by atoms with E-state index in [9.17, 15) is 0 Å². The molecule has 1 aromatic rings. The van der Waals surface area contributed by atoms with E-state index in [-0.39, 0.29) is 0 Å². The first-order valence-corrected chi connectivity index (χ1v) is 7.67. The van der Waals surface area contributed by atoms with Gasteiger partial charge in [-0.05, 0) is 25.6 Å². The van der Waals surface area contributed by atoms with Gasteiger partial charge >= 0.3 is 0 Å². The Morgan fingerprint density at radius 2 is 2.05 bits per heavy atom. The highest BCUT2D eigenvalue weighted by Gasteiger charge is 2.30. The maximum Gasteiger partial charge on any atom is 0.124 e. The zero-order chi connectivity index (χ0) is 13.9. The lowest BCUT2D eigenvalue weighted by Crippen LogP contribution is -2.49. The number of benzene rings is 1. The Morgan fingerprint density at radius 3 is 2.80 bits per heavy atom. The largest absolute Gasteiger partial charge is 0.494 e. The third-order valence-electron chi connectivity index (χ3n) is 4.42. The Bertz CT molecular complexity index is 455. The van der Waals surface area contributed by atoms with Crippen LogP contribution >= 0.6 is 0 Å². The number of nitrogens with one attached hydrogen (secondary N) is 1. The molecule has 1 N–H and O–H groups in total. The van der Waals surface area contributed by atoms with Crippen LogP contribution in [0.2, 0.25) is 0 Å². The van der Waals surface area contributed by atoms with Gasteiger partial charge < -0.3 is 15.0 Å².